The minimum Gasteiger partial charge on any atom is -0.312 e. The van der Waals surface area contributed by atoms with Crippen LogP contribution in [0.3, 0.4) is 0 Å². The second kappa shape index (κ2) is 7.27. The summed E-state index contributed by atoms with van der Waals surface area (Å²) in [6.07, 6.45) is 4.17. The van der Waals surface area contributed by atoms with Crippen LogP contribution in [0.15, 0.2) is 11.1 Å². The zero-order chi connectivity index (χ0) is 10.2. The van der Waals surface area contributed by atoms with Crippen LogP contribution in [0, 0.1) is 0 Å². The summed E-state index contributed by atoms with van der Waals surface area (Å²) in [5.41, 5.74) is 2.85. The molecule has 3 heteroatoms. The lowest BCUT2D eigenvalue weighted by Crippen LogP contribution is -2.36. The van der Waals surface area contributed by atoms with Crippen molar-refractivity contribution in [2.75, 3.05) is 32.7 Å². The monoisotopic (exact) mass is 216 g/mol. The highest BCUT2D eigenvalue weighted by atomic mass is 35.5. The van der Waals surface area contributed by atoms with Crippen molar-refractivity contribution < 1.29 is 0 Å². The summed E-state index contributed by atoms with van der Waals surface area (Å²) in [5.74, 6) is 0. The number of nitrogens with one attached hydrogen (secondary N) is 1. The number of likely N-dealkylation sites (tertiary alicyclic amines) is 1. The Morgan fingerprint density at radius 2 is 2.07 bits per heavy atom. The second-order valence-corrected chi connectivity index (χ2v) is 4.25. The van der Waals surface area contributed by atoms with Crippen LogP contribution in [0.4, 0.5) is 0 Å². The van der Waals surface area contributed by atoms with Crippen LogP contribution in [0.2, 0.25) is 0 Å². The van der Waals surface area contributed by atoms with E-state index in [-0.39, 0.29) is 0 Å². The Morgan fingerprint density at radius 3 is 2.71 bits per heavy atom. The highest BCUT2D eigenvalue weighted by molar-refractivity contribution is 6.25. The average Bonchev–Trinajstić information content (AvgIpc) is 2.25. The quantitative estimate of drug-likeness (QED) is 0.709. The largest absolute Gasteiger partial charge is 0.312 e. The minimum absolute atomic E-state index is 0.914. The number of rotatable bonds is 5. The molecule has 0 atom stereocenters. The summed E-state index contributed by atoms with van der Waals surface area (Å²) >= 11 is 5.57. The molecule has 0 bridgehead atoms. The van der Waals surface area contributed by atoms with E-state index in [0.717, 1.165) is 13.1 Å². The van der Waals surface area contributed by atoms with Gasteiger partial charge in [-0.05, 0) is 38.4 Å². The minimum atomic E-state index is 0.914. The van der Waals surface area contributed by atoms with E-state index in [2.05, 4.69) is 10.2 Å². The molecule has 0 aromatic heterocycles. The van der Waals surface area contributed by atoms with Crippen molar-refractivity contribution >= 4 is 11.6 Å². The smallest absolute Gasteiger partial charge is 0.0174 e. The van der Waals surface area contributed by atoms with Gasteiger partial charge < -0.3 is 10.2 Å². The van der Waals surface area contributed by atoms with Crippen molar-refractivity contribution in [2.45, 2.75) is 26.2 Å². The fourth-order valence-corrected chi connectivity index (χ4v) is 1.82. The summed E-state index contributed by atoms with van der Waals surface area (Å²) in [7, 11) is 0. The molecule has 0 radical (unpaired) electrons. The van der Waals surface area contributed by atoms with E-state index in [1.807, 2.05) is 6.92 Å². The third kappa shape index (κ3) is 4.99. The van der Waals surface area contributed by atoms with Gasteiger partial charge in [-0.1, -0.05) is 18.0 Å². The molecule has 1 fully saturated rings. The van der Waals surface area contributed by atoms with Gasteiger partial charge in [0.05, 0.1) is 0 Å². The first-order chi connectivity index (χ1) is 6.83. The lowest BCUT2D eigenvalue weighted by Gasteiger charge is -2.26. The van der Waals surface area contributed by atoms with E-state index in [1.54, 1.807) is 5.54 Å². The molecule has 1 saturated heterocycles. The van der Waals surface area contributed by atoms with Gasteiger partial charge in [-0.2, -0.15) is 0 Å². The second-order valence-electron chi connectivity index (χ2n) is 4.03. The molecule has 82 valence electrons. The van der Waals surface area contributed by atoms with E-state index >= 15 is 0 Å². The van der Waals surface area contributed by atoms with Gasteiger partial charge in [0.2, 0.25) is 0 Å². The highest BCUT2D eigenvalue weighted by Crippen LogP contribution is 2.07. The molecule has 1 N–H and O–H groups in total. The lowest BCUT2D eigenvalue weighted by atomic mass is 10.1. The topological polar surface area (TPSA) is 15.3 Å². The number of hydrogen-bond donors (Lipinski definition) is 1. The van der Waals surface area contributed by atoms with Gasteiger partial charge in [0.1, 0.15) is 0 Å². The van der Waals surface area contributed by atoms with Gasteiger partial charge >= 0.3 is 0 Å². The summed E-state index contributed by atoms with van der Waals surface area (Å²) in [4.78, 5) is 2.54. The van der Waals surface area contributed by atoms with Gasteiger partial charge in [-0.15, -0.1) is 0 Å². The molecule has 2 nitrogen and oxygen atoms in total. The van der Waals surface area contributed by atoms with E-state index < -0.39 is 0 Å². The van der Waals surface area contributed by atoms with Crippen LogP contribution in [0.5, 0.6) is 0 Å². The number of hydrogen-bond acceptors (Lipinski definition) is 2. The molecule has 1 aliphatic rings. The van der Waals surface area contributed by atoms with Crippen molar-refractivity contribution in [3.63, 3.8) is 0 Å². The third-order valence-corrected chi connectivity index (χ3v) is 3.02. The zero-order valence-corrected chi connectivity index (χ0v) is 9.82. The third-order valence-electron chi connectivity index (χ3n) is 2.64. The van der Waals surface area contributed by atoms with Crippen molar-refractivity contribution in [3.8, 4) is 0 Å². The molecule has 0 aromatic carbocycles. The van der Waals surface area contributed by atoms with Crippen LogP contribution >= 0.6 is 11.6 Å². The molecule has 0 spiro atoms. The summed E-state index contributed by atoms with van der Waals surface area (Å²) < 4.78 is 0. The number of nitrogens with zero attached hydrogens (tertiary/aromatic N) is 1. The van der Waals surface area contributed by atoms with Crippen molar-refractivity contribution in [3.05, 3.63) is 11.1 Å². The molecular weight excluding hydrogens is 196 g/mol. The molecule has 0 aromatic rings. The van der Waals surface area contributed by atoms with E-state index in [4.69, 9.17) is 11.6 Å². The molecule has 0 saturated carbocycles. The zero-order valence-electron chi connectivity index (χ0n) is 9.06. The maximum atomic E-state index is 5.57. The van der Waals surface area contributed by atoms with Gasteiger partial charge in [0.25, 0.3) is 0 Å². The fourth-order valence-electron chi connectivity index (χ4n) is 1.74. The Bertz CT molecular complexity index is 174. The van der Waals surface area contributed by atoms with Crippen LogP contribution < -0.4 is 5.32 Å². The van der Waals surface area contributed by atoms with E-state index in [0.29, 0.717) is 0 Å². The predicted octanol–water partition coefficient (Wildman–Crippen LogP) is 2.20. The molecular formula is C11H21ClN2. The maximum absolute atomic E-state index is 5.57. The summed E-state index contributed by atoms with van der Waals surface area (Å²) in [6.45, 7) is 7.77. The highest BCUT2D eigenvalue weighted by Gasteiger charge is 2.08. The molecule has 1 heterocycles. The van der Waals surface area contributed by atoms with Crippen LogP contribution in [0.25, 0.3) is 0 Å². The van der Waals surface area contributed by atoms with Crippen LogP contribution in [-0.4, -0.2) is 37.6 Å². The van der Waals surface area contributed by atoms with Crippen molar-refractivity contribution in [2.24, 2.45) is 0 Å². The Morgan fingerprint density at radius 1 is 1.36 bits per heavy atom. The first kappa shape index (κ1) is 12.0. The van der Waals surface area contributed by atoms with Gasteiger partial charge in [0.15, 0.2) is 0 Å². The maximum Gasteiger partial charge on any atom is 0.0174 e. The Hall–Kier alpha value is -0.0500. The SMILES string of the molecule is CC(=CCl)CNCCN1CCCCC1. The van der Waals surface area contributed by atoms with Gasteiger partial charge in [-0.3, -0.25) is 0 Å². The summed E-state index contributed by atoms with van der Waals surface area (Å²) in [5, 5.41) is 3.39. The van der Waals surface area contributed by atoms with Gasteiger partial charge in [0, 0.05) is 25.2 Å². The first-order valence-electron chi connectivity index (χ1n) is 5.52. The van der Waals surface area contributed by atoms with Crippen LogP contribution in [-0.2, 0) is 0 Å². The van der Waals surface area contributed by atoms with E-state index in [9.17, 15) is 0 Å². The van der Waals surface area contributed by atoms with Gasteiger partial charge in [-0.25, -0.2) is 0 Å². The van der Waals surface area contributed by atoms with Crippen LogP contribution in [0.1, 0.15) is 26.2 Å². The average molecular weight is 217 g/mol. The first-order valence-corrected chi connectivity index (χ1v) is 5.95. The lowest BCUT2D eigenvalue weighted by molar-refractivity contribution is 0.230. The molecule has 0 amide bonds. The molecule has 0 aliphatic carbocycles. The molecule has 1 aliphatic heterocycles. The summed E-state index contributed by atoms with van der Waals surface area (Å²) in [6, 6.07) is 0. The van der Waals surface area contributed by atoms with Crippen molar-refractivity contribution in [1.29, 1.82) is 0 Å². The number of piperidine rings is 1. The molecule has 14 heavy (non-hydrogen) atoms. The Balaban J connectivity index is 1.97. The van der Waals surface area contributed by atoms with E-state index in [1.165, 1.54) is 44.5 Å². The Labute approximate surface area is 92.3 Å². The van der Waals surface area contributed by atoms with Crippen molar-refractivity contribution in [1.82, 2.24) is 10.2 Å². The number of halogens is 1. The normalized spacial score (nSPS) is 20.0. The Kier molecular flexibility index (Phi) is 6.24. The molecule has 0 unspecified atom stereocenters. The predicted molar refractivity (Wildman–Crippen MR) is 62.8 cm³/mol. The standard InChI is InChI=1S/C11H21ClN2/c1-11(9-12)10-13-5-8-14-6-3-2-4-7-14/h9,13H,2-8,10H2,1H3. The molecule has 1 rings (SSSR count). The fraction of sp³-hybridized carbons (Fsp3) is 0.818.